The van der Waals surface area contributed by atoms with E-state index in [1.54, 1.807) is 0 Å². The van der Waals surface area contributed by atoms with Crippen molar-refractivity contribution in [2.75, 3.05) is 6.54 Å². The lowest BCUT2D eigenvalue weighted by atomic mass is 10.0. The van der Waals surface area contributed by atoms with Gasteiger partial charge in [-0.25, -0.2) is 0 Å². The maximum absolute atomic E-state index is 13.0. The Morgan fingerprint density at radius 2 is 1.82 bits per heavy atom. The molecule has 4 rings (SSSR count). The smallest absolute Gasteiger partial charge is 0.254 e. The third kappa shape index (κ3) is 3.99. The van der Waals surface area contributed by atoms with Crippen molar-refractivity contribution in [3.63, 3.8) is 0 Å². The van der Waals surface area contributed by atoms with Gasteiger partial charge in [0.05, 0.1) is 11.7 Å². The molecule has 1 saturated heterocycles. The minimum absolute atomic E-state index is 0.0591. The summed E-state index contributed by atoms with van der Waals surface area (Å²) < 4.78 is 0. The number of hydrogen-bond donors (Lipinski definition) is 0. The van der Waals surface area contributed by atoms with Crippen LogP contribution in [0.4, 0.5) is 0 Å². The van der Waals surface area contributed by atoms with E-state index < -0.39 is 0 Å². The van der Waals surface area contributed by atoms with Gasteiger partial charge >= 0.3 is 0 Å². The molecule has 0 saturated carbocycles. The molecule has 1 unspecified atom stereocenters. The van der Waals surface area contributed by atoms with Crippen LogP contribution in [-0.2, 0) is 6.42 Å². The molecular weight excluding hydrogens is 344 g/mol. The first-order valence-electron chi connectivity index (χ1n) is 9.99. The average Bonchev–Trinajstić information content (AvgIpc) is 3.17. The quantitative estimate of drug-likeness (QED) is 0.627. The minimum atomic E-state index is 0.0591. The Morgan fingerprint density at radius 3 is 2.61 bits per heavy atom. The van der Waals surface area contributed by atoms with E-state index in [2.05, 4.69) is 43.3 Å². The lowest BCUT2D eigenvalue weighted by Gasteiger charge is -2.25. The number of pyridine rings is 1. The van der Waals surface area contributed by atoms with Crippen LogP contribution in [0.15, 0.2) is 66.7 Å². The van der Waals surface area contributed by atoms with Crippen molar-refractivity contribution in [3.8, 4) is 0 Å². The van der Waals surface area contributed by atoms with Crippen LogP contribution in [0.25, 0.3) is 0 Å². The highest BCUT2D eigenvalue weighted by atomic mass is 16.2. The Labute approximate surface area is 167 Å². The molecule has 1 fully saturated rings. The van der Waals surface area contributed by atoms with Gasteiger partial charge in [-0.2, -0.15) is 0 Å². The van der Waals surface area contributed by atoms with E-state index >= 15 is 0 Å². The highest BCUT2D eigenvalue weighted by molar-refractivity contribution is 5.94. The molecule has 1 atom stereocenters. The number of carbonyl (C=O) groups excluding carboxylic acids is 1. The fourth-order valence-electron chi connectivity index (χ4n) is 4.16. The molecule has 142 valence electrons. The van der Waals surface area contributed by atoms with Crippen molar-refractivity contribution in [1.29, 1.82) is 0 Å². The first kappa shape index (κ1) is 18.4. The third-order valence-corrected chi connectivity index (χ3v) is 5.40. The van der Waals surface area contributed by atoms with Crippen LogP contribution in [0.1, 0.15) is 57.3 Å². The van der Waals surface area contributed by atoms with Crippen LogP contribution in [0.2, 0.25) is 0 Å². The Bertz CT molecular complexity index is 981. The van der Waals surface area contributed by atoms with Gasteiger partial charge in [-0.05, 0) is 68.5 Å². The molecule has 3 nitrogen and oxygen atoms in total. The summed E-state index contributed by atoms with van der Waals surface area (Å²) in [7, 11) is 0. The first-order valence-corrected chi connectivity index (χ1v) is 9.99. The van der Waals surface area contributed by atoms with Crippen LogP contribution in [0, 0.1) is 13.8 Å². The number of nitrogens with zero attached hydrogens (tertiary/aromatic N) is 2. The maximum Gasteiger partial charge on any atom is 0.254 e. The van der Waals surface area contributed by atoms with Crippen molar-refractivity contribution in [3.05, 3.63) is 100 Å². The minimum Gasteiger partial charge on any atom is -0.330 e. The summed E-state index contributed by atoms with van der Waals surface area (Å²) in [6.45, 7) is 4.96. The van der Waals surface area contributed by atoms with Crippen molar-refractivity contribution in [1.82, 2.24) is 9.88 Å². The van der Waals surface area contributed by atoms with Gasteiger partial charge < -0.3 is 4.90 Å². The van der Waals surface area contributed by atoms with E-state index in [0.29, 0.717) is 0 Å². The molecule has 1 aliphatic heterocycles. The number of rotatable bonds is 4. The van der Waals surface area contributed by atoms with Crippen molar-refractivity contribution in [2.45, 2.75) is 39.2 Å². The van der Waals surface area contributed by atoms with E-state index in [-0.39, 0.29) is 11.9 Å². The summed E-state index contributed by atoms with van der Waals surface area (Å²) in [5.41, 5.74) is 6.62. The average molecular weight is 370 g/mol. The topological polar surface area (TPSA) is 33.2 Å². The monoisotopic (exact) mass is 370 g/mol. The molecule has 1 aliphatic rings. The van der Waals surface area contributed by atoms with Crippen LogP contribution in [-0.4, -0.2) is 22.3 Å². The van der Waals surface area contributed by atoms with E-state index in [0.717, 1.165) is 42.8 Å². The maximum atomic E-state index is 13.0. The predicted octanol–water partition coefficient (Wildman–Crippen LogP) is 5.27. The summed E-state index contributed by atoms with van der Waals surface area (Å²) in [4.78, 5) is 19.8. The van der Waals surface area contributed by atoms with Crippen LogP contribution < -0.4 is 0 Å². The molecule has 0 spiro atoms. The number of likely N-dealkylation sites (tertiary alicyclic amines) is 1. The first-order chi connectivity index (χ1) is 13.6. The van der Waals surface area contributed by atoms with Gasteiger partial charge in [0.1, 0.15) is 0 Å². The van der Waals surface area contributed by atoms with Gasteiger partial charge in [0.25, 0.3) is 5.91 Å². The number of benzene rings is 2. The molecule has 28 heavy (non-hydrogen) atoms. The highest BCUT2D eigenvalue weighted by Gasteiger charge is 2.31. The number of carbonyl (C=O) groups is 1. The second-order valence-corrected chi connectivity index (χ2v) is 7.73. The van der Waals surface area contributed by atoms with Crippen LogP contribution in [0.5, 0.6) is 0 Å². The van der Waals surface area contributed by atoms with E-state index in [1.165, 1.54) is 16.7 Å². The normalized spacial score (nSPS) is 16.4. The third-order valence-electron chi connectivity index (χ3n) is 5.40. The molecule has 1 aromatic heterocycles. The second-order valence-electron chi connectivity index (χ2n) is 7.73. The zero-order valence-electron chi connectivity index (χ0n) is 16.6. The summed E-state index contributed by atoms with van der Waals surface area (Å²) in [5.74, 6) is 0.103. The molecule has 2 aromatic carbocycles. The van der Waals surface area contributed by atoms with Gasteiger partial charge in [-0.15, -0.1) is 0 Å². The molecule has 0 N–H and O–H groups in total. The molecule has 0 radical (unpaired) electrons. The molecule has 3 heteroatoms. The summed E-state index contributed by atoms with van der Waals surface area (Å²) in [6.07, 6.45) is 2.88. The SMILES string of the molecule is Cc1cccc(Cc2cc(C)nc(C3CCCN3C(=O)c3ccccc3)c2)c1. The zero-order valence-corrected chi connectivity index (χ0v) is 16.6. The predicted molar refractivity (Wildman–Crippen MR) is 112 cm³/mol. The Kier molecular flexibility index (Phi) is 5.25. The Hall–Kier alpha value is -2.94. The Morgan fingerprint density at radius 1 is 1.00 bits per heavy atom. The second kappa shape index (κ2) is 7.97. The molecule has 1 amide bonds. The van der Waals surface area contributed by atoms with E-state index in [9.17, 15) is 4.79 Å². The van der Waals surface area contributed by atoms with Crippen LogP contribution in [0.3, 0.4) is 0 Å². The highest BCUT2D eigenvalue weighted by Crippen LogP contribution is 2.33. The fraction of sp³-hybridized carbons (Fsp3) is 0.280. The molecular formula is C25H26N2O. The number of amides is 1. The lowest BCUT2D eigenvalue weighted by molar-refractivity contribution is 0.0732. The van der Waals surface area contributed by atoms with Gasteiger partial charge in [0.2, 0.25) is 0 Å². The van der Waals surface area contributed by atoms with E-state index in [4.69, 9.17) is 4.98 Å². The molecule has 0 bridgehead atoms. The van der Waals surface area contributed by atoms with Crippen LogP contribution >= 0.6 is 0 Å². The zero-order chi connectivity index (χ0) is 19.5. The standard InChI is InChI=1S/C25H26N2O/c1-18-8-6-9-20(14-18)16-21-15-19(2)26-23(17-21)24-12-7-13-27(24)25(28)22-10-4-3-5-11-22/h3-6,8-11,14-15,17,24H,7,12-13,16H2,1-2H3. The fourth-order valence-corrected chi connectivity index (χ4v) is 4.16. The molecule has 3 aromatic rings. The number of aromatic nitrogens is 1. The van der Waals surface area contributed by atoms with Crippen molar-refractivity contribution < 1.29 is 4.79 Å². The van der Waals surface area contributed by atoms with Crippen molar-refractivity contribution >= 4 is 5.91 Å². The van der Waals surface area contributed by atoms with Gasteiger partial charge in [-0.1, -0.05) is 48.0 Å². The van der Waals surface area contributed by atoms with Gasteiger partial charge in [-0.3, -0.25) is 9.78 Å². The summed E-state index contributed by atoms with van der Waals surface area (Å²) in [5, 5.41) is 0. The summed E-state index contributed by atoms with van der Waals surface area (Å²) >= 11 is 0. The molecule has 2 heterocycles. The lowest BCUT2D eigenvalue weighted by Crippen LogP contribution is -2.31. The van der Waals surface area contributed by atoms with Crippen molar-refractivity contribution in [2.24, 2.45) is 0 Å². The van der Waals surface area contributed by atoms with Gasteiger partial charge in [0, 0.05) is 17.8 Å². The molecule has 0 aliphatic carbocycles. The number of hydrogen-bond acceptors (Lipinski definition) is 2. The largest absolute Gasteiger partial charge is 0.330 e. The van der Waals surface area contributed by atoms with Gasteiger partial charge in [0.15, 0.2) is 0 Å². The summed E-state index contributed by atoms with van der Waals surface area (Å²) in [6, 6.07) is 22.6. The van der Waals surface area contributed by atoms with E-state index in [1.807, 2.05) is 42.2 Å². The Balaban J connectivity index is 1.61. The number of aryl methyl sites for hydroxylation is 2.